The van der Waals surface area contributed by atoms with Gasteiger partial charge in [-0.3, -0.25) is 4.72 Å². The summed E-state index contributed by atoms with van der Waals surface area (Å²) < 4.78 is 39.7. The Hall–Kier alpha value is -2.08. The molecule has 6 heteroatoms. The first kappa shape index (κ1) is 12.4. The summed E-state index contributed by atoms with van der Waals surface area (Å²) in [5.74, 6) is -0.840. The predicted molar refractivity (Wildman–Crippen MR) is 68.1 cm³/mol. The van der Waals surface area contributed by atoms with Crippen molar-refractivity contribution in [3.8, 4) is 0 Å². The minimum absolute atomic E-state index is 0.185. The molecule has 0 fully saturated rings. The normalized spacial score (nSPS) is 11.2. The van der Waals surface area contributed by atoms with Crippen LogP contribution in [0.3, 0.4) is 0 Å². The summed E-state index contributed by atoms with van der Waals surface area (Å²) in [5.41, 5.74) is 6.00. The predicted octanol–water partition coefficient (Wildman–Crippen LogP) is 2.21. The Bertz CT molecular complexity index is 657. The first-order valence-corrected chi connectivity index (χ1v) is 6.60. The fourth-order valence-electron chi connectivity index (χ4n) is 1.44. The minimum Gasteiger partial charge on any atom is -0.399 e. The molecule has 0 aliphatic rings. The fourth-order valence-corrected chi connectivity index (χ4v) is 2.61. The van der Waals surface area contributed by atoms with E-state index in [4.69, 9.17) is 5.73 Å². The van der Waals surface area contributed by atoms with E-state index in [0.717, 1.165) is 12.1 Å². The third-order valence-electron chi connectivity index (χ3n) is 2.27. The van der Waals surface area contributed by atoms with Gasteiger partial charge >= 0.3 is 0 Å². The van der Waals surface area contributed by atoms with Gasteiger partial charge in [0.25, 0.3) is 10.0 Å². The van der Waals surface area contributed by atoms with Gasteiger partial charge in [0.1, 0.15) is 10.7 Å². The number of rotatable bonds is 3. The standard InChI is InChI=1S/C12H11FN2O2S/c13-11-7-6-9(14)8-12(11)18(16,17)15-10-4-2-1-3-5-10/h1-8,15H,14H2. The second-order valence-electron chi connectivity index (χ2n) is 3.66. The highest BCUT2D eigenvalue weighted by Gasteiger charge is 2.19. The van der Waals surface area contributed by atoms with E-state index >= 15 is 0 Å². The van der Waals surface area contributed by atoms with Gasteiger partial charge in [0.05, 0.1) is 0 Å². The molecule has 2 aromatic carbocycles. The smallest absolute Gasteiger partial charge is 0.264 e. The number of hydrogen-bond donors (Lipinski definition) is 2. The molecule has 18 heavy (non-hydrogen) atoms. The van der Waals surface area contributed by atoms with Gasteiger partial charge in [0.15, 0.2) is 0 Å². The van der Waals surface area contributed by atoms with Crippen molar-refractivity contribution in [2.24, 2.45) is 0 Å². The van der Waals surface area contributed by atoms with Crippen LogP contribution < -0.4 is 10.5 Å². The number of nitrogen functional groups attached to an aromatic ring is 1. The SMILES string of the molecule is Nc1ccc(F)c(S(=O)(=O)Nc2ccccc2)c1. The number of sulfonamides is 1. The van der Waals surface area contributed by atoms with Crippen LogP contribution in [0.2, 0.25) is 0 Å². The maximum absolute atomic E-state index is 13.5. The van der Waals surface area contributed by atoms with Crippen LogP contribution in [0.25, 0.3) is 0 Å². The number of anilines is 2. The fraction of sp³-hybridized carbons (Fsp3) is 0. The molecule has 2 rings (SSSR count). The van der Waals surface area contributed by atoms with Gasteiger partial charge in [0, 0.05) is 11.4 Å². The van der Waals surface area contributed by atoms with Crippen molar-refractivity contribution in [3.63, 3.8) is 0 Å². The van der Waals surface area contributed by atoms with E-state index in [1.54, 1.807) is 30.3 Å². The molecule has 0 atom stereocenters. The zero-order valence-electron chi connectivity index (χ0n) is 9.30. The molecule has 94 valence electrons. The zero-order valence-corrected chi connectivity index (χ0v) is 10.1. The first-order valence-electron chi connectivity index (χ1n) is 5.12. The first-order chi connectivity index (χ1) is 8.49. The molecule has 0 saturated heterocycles. The molecule has 0 aliphatic heterocycles. The Morgan fingerprint density at radius 1 is 1.06 bits per heavy atom. The van der Waals surface area contributed by atoms with Crippen LogP contribution in [-0.4, -0.2) is 8.42 Å². The van der Waals surface area contributed by atoms with Gasteiger partial charge in [-0.2, -0.15) is 0 Å². The van der Waals surface area contributed by atoms with Crippen LogP contribution in [0.4, 0.5) is 15.8 Å². The van der Waals surface area contributed by atoms with E-state index in [9.17, 15) is 12.8 Å². The highest BCUT2D eigenvalue weighted by atomic mass is 32.2. The molecule has 0 radical (unpaired) electrons. The van der Waals surface area contributed by atoms with Crippen LogP contribution in [0.15, 0.2) is 53.4 Å². The lowest BCUT2D eigenvalue weighted by molar-refractivity contribution is 0.570. The van der Waals surface area contributed by atoms with E-state index in [-0.39, 0.29) is 5.69 Å². The Morgan fingerprint density at radius 3 is 2.39 bits per heavy atom. The average molecular weight is 266 g/mol. The maximum Gasteiger partial charge on any atom is 0.264 e. The van der Waals surface area contributed by atoms with Crippen molar-refractivity contribution >= 4 is 21.4 Å². The highest BCUT2D eigenvalue weighted by molar-refractivity contribution is 7.92. The zero-order chi connectivity index (χ0) is 13.2. The van der Waals surface area contributed by atoms with Gasteiger partial charge in [-0.15, -0.1) is 0 Å². The minimum atomic E-state index is -3.97. The van der Waals surface area contributed by atoms with Gasteiger partial charge < -0.3 is 5.73 Å². The molecular formula is C12H11FN2O2S. The highest BCUT2D eigenvalue weighted by Crippen LogP contribution is 2.20. The lowest BCUT2D eigenvalue weighted by Crippen LogP contribution is -2.14. The molecule has 0 heterocycles. The average Bonchev–Trinajstić information content (AvgIpc) is 2.33. The van der Waals surface area contributed by atoms with Crippen molar-refractivity contribution in [2.75, 3.05) is 10.5 Å². The van der Waals surface area contributed by atoms with E-state index < -0.39 is 20.7 Å². The molecule has 2 aromatic rings. The van der Waals surface area contributed by atoms with Crippen LogP contribution >= 0.6 is 0 Å². The van der Waals surface area contributed by atoms with Crippen molar-refractivity contribution in [1.82, 2.24) is 0 Å². The molecular weight excluding hydrogens is 255 g/mol. The molecule has 0 bridgehead atoms. The van der Waals surface area contributed by atoms with E-state index in [2.05, 4.69) is 4.72 Å². The number of halogens is 1. The molecule has 0 aromatic heterocycles. The molecule has 4 nitrogen and oxygen atoms in total. The van der Waals surface area contributed by atoms with E-state index in [0.29, 0.717) is 5.69 Å². The number of hydrogen-bond acceptors (Lipinski definition) is 3. The van der Waals surface area contributed by atoms with Crippen LogP contribution in [-0.2, 0) is 10.0 Å². The van der Waals surface area contributed by atoms with E-state index in [1.165, 1.54) is 6.07 Å². The van der Waals surface area contributed by atoms with Crippen molar-refractivity contribution in [3.05, 3.63) is 54.3 Å². The molecule has 0 saturated carbocycles. The largest absolute Gasteiger partial charge is 0.399 e. The van der Waals surface area contributed by atoms with Gasteiger partial charge in [-0.1, -0.05) is 18.2 Å². The monoisotopic (exact) mass is 266 g/mol. The summed E-state index contributed by atoms with van der Waals surface area (Å²) in [4.78, 5) is -0.466. The van der Waals surface area contributed by atoms with Gasteiger partial charge in [0.2, 0.25) is 0 Å². The molecule has 0 unspecified atom stereocenters. The third kappa shape index (κ3) is 2.60. The number of nitrogens with two attached hydrogens (primary N) is 1. The topological polar surface area (TPSA) is 72.2 Å². The summed E-state index contributed by atoms with van der Waals surface area (Å²) >= 11 is 0. The van der Waals surface area contributed by atoms with Crippen molar-refractivity contribution in [1.29, 1.82) is 0 Å². The molecule has 0 aliphatic carbocycles. The lowest BCUT2D eigenvalue weighted by atomic mass is 10.3. The summed E-state index contributed by atoms with van der Waals surface area (Å²) in [6, 6.07) is 11.6. The van der Waals surface area contributed by atoms with Crippen molar-refractivity contribution < 1.29 is 12.8 Å². The van der Waals surface area contributed by atoms with Gasteiger partial charge in [-0.05, 0) is 30.3 Å². The summed E-state index contributed by atoms with van der Waals surface area (Å²) in [6.07, 6.45) is 0. The number of para-hydroxylation sites is 1. The second-order valence-corrected chi connectivity index (χ2v) is 5.31. The summed E-state index contributed by atoms with van der Waals surface area (Å²) in [7, 11) is -3.97. The van der Waals surface area contributed by atoms with Gasteiger partial charge in [-0.25, -0.2) is 12.8 Å². The molecule has 3 N–H and O–H groups in total. The Labute approximate surface area is 104 Å². The van der Waals surface area contributed by atoms with Crippen LogP contribution in [0.1, 0.15) is 0 Å². The summed E-state index contributed by atoms with van der Waals surface area (Å²) in [6.45, 7) is 0. The Kier molecular flexibility index (Phi) is 3.20. The Morgan fingerprint density at radius 2 is 1.72 bits per heavy atom. The molecule has 0 amide bonds. The summed E-state index contributed by atoms with van der Waals surface area (Å²) in [5, 5.41) is 0. The lowest BCUT2D eigenvalue weighted by Gasteiger charge is -2.09. The number of benzene rings is 2. The van der Waals surface area contributed by atoms with Crippen LogP contribution in [0.5, 0.6) is 0 Å². The van der Waals surface area contributed by atoms with E-state index in [1.807, 2.05) is 0 Å². The van der Waals surface area contributed by atoms with Crippen LogP contribution in [0, 0.1) is 5.82 Å². The third-order valence-corrected chi connectivity index (χ3v) is 3.67. The Balaban J connectivity index is 2.40. The number of nitrogens with one attached hydrogen (secondary N) is 1. The van der Waals surface area contributed by atoms with Crippen molar-refractivity contribution in [2.45, 2.75) is 4.90 Å². The second kappa shape index (κ2) is 4.66. The molecule has 0 spiro atoms. The quantitative estimate of drug-likeness (QED) is 0.837. The maximum atomic E-state index is 13.5.